The monoisotopic (exact) mass is 214 g/mol. The van der Waals surface area contributed by atoms with E-state index in [-0.39, 0.29) is 18.7 Å². The lowest BCUT2D eigenvalue weighted by Crippen LogP contribution is -2.16. The van der Waals surface area contributed by atoms with Gasteiger partial charge in [0, 0.05) is 0 Å². The predicted octanol–water partition coefficient (Wildman–Crippen LogP) is 2.91. The molecule has 0 saturated carbocycles. The van der Waals surface area contributed by atoms with Gasteiger partial charge in [-0.25, -0.2) is 0 Å². The van der Waals surface area contributed by atoms with Crippen molar-refractivity contribution in [2.75, 3.05) is 13.4 Å². The highest BCUT2D eigenvalue weighted by Gasteiger charge is 2.10. The van der Waals surface area contributed by atoms with Gasteiger partial charge in [-0.2, -0.15) is 0 Å². The Balaban J connectivity index is 3.23. The Morgan fingerprint density at radius 3 is 2.80 bits per heavy atom. The third kappa shape index (κ3) is 8.18. The van der Waals surface area contributed by atoms with E-state index in [0.717, 1.165) is 25.7 Å². The molecule has 0 spiro atoms. The average Bonchev–Trinajstić information content (AvgIpc) is 2.26. The Morgan fingerprint density at radius 2 is 2.20 bits per heavy atom. The van der Waals surface area contributed by atoms with Gasteiger partial charge in [0.1, 0.15) is 0 Å². The molecule has 0 aliphatic heterocycles. The lowest BCUT2D eigenvalue weighted by atomic mass is 10.1. The highest BCUT2D eigenvalue weighted by atomic mass is 16.7. The first-order chi connectivity index (χ1) is 7.22. The minimum atomic E-state index is -0.177. The van der Waals surface area contributed by atoms with Crippen LogP contribution in [0.1, 0.15) is 39.5 Å². The first kappa shape index (κ1) is 14.2. The van der Waals surface area contributed by atoms with Crippen LogP contribution in [0.25, 0.3) is 0 Å². The second-order valence-electron chi connectivity index (χ2n) is 3.58. The summed E-state index contributed by atoms with van der Waals surface area (Å²) in [6.45, 7) is 8.17. The van der Waals surface area contributed by atoms with Crippen LogP contribution < -0.4 is 0 Å². The molecule has 0 rings (SSSR count). The Hall–Kier alpha value is -0.830. The topological polar surface area (TPSA) is 35.5 Å². The maximum atomic E-state index is 11.2. The molecule has 0 amide bonds. The molecule has 0 aliphatic rings. The van der Waals surface area contributed by atoms with E-state index < -0.39 is 0 Å². The molecule has 0 heterocycles. The Morgan fingerprint density at radius 1 is 1.47 bits per heavy atom. The molecule has 0 radical (unpaired) electrons. The molecule has 0 aromatic rings. The molecule has 88 valence electrons. The summed E-state index contributed by atoms with van der Waals surface area (Å²) in [7, 11) is 0. The number of hydrogen-bond acceptors (Lipinski definition) is 3. The predicted molar refractivity (Wildman–Crippen MR) is 60.4 cm³/mol. The second-order valence-corrected chi connectivity index (χ2v) is 3.58. The van der Waals surface area contributed by atoms with Gasteiger partial charge in [-0.05, 0) is 25.7 Å². The molecule has 0 N–H and O–H groups in total. The van der Waals surface area contributed by atoms with Gasteiger partial charge in [-0.3, -0.25) is 4.79 Å². The number of carbonyl (C=O) groups excluding carboxylic acids is 1. The molecule has 0 aliphatic carbocycles. The van der Waals surface area contributed by atoms with E-state index in [0.29, 0.717) is 6.61 Å². The van der Waals surface area contributed by atoms with Crippen LogP contribution in [0.15, 0.2) is 12.7 Å². The van der Waals surface area contributed by atoms with Gasteiger partial charge in [0.05, 0.1) is 12.5 Å². The summed E-state index contributed by atoms with van der Waals surface area (Å²) < 4.78 is 10.1. The number of carbonyl (C=O) groups is 1. The highest BCUT2D eigenvalue weighted by Crippen LogP contribution is 2.03. The molecule has 3 nitrogen and oxygen atoms in total. The Bertz CT molecular complexity index is 178. The second kappa shape index (κ2) is 9.71. The smallest absolute Gasteiger partial charge is 0.310 e. The number of ether oxygens (including phenoxy) is 2. The molecule has 15 heavy (non-hydrogen) atoms. The molecule has 0 saturated heterocycles. The van der Waals surface area contributed by atoms with E-state index in [1.54, 1.807) is 0 Å². The first-order valence-electron chi connectivity index (χ1n) is 5.57. The van der Waals surface area contributed by atoms with E-state index in [9.17, 15) is 4.79 Å². The quantitative estimate of drug-likeness (QED) is 0.256. The fourth-order valence-corrected chi connectivity index (χ4v) is 0.960. The van der Waals surface area contributed by atoms with Crippen molar-refractivity contribution in [3.63, 3.8) is 0 Å². The average molecular weight is 214 g/mol. The van der Waals surface area contributed by atoms with E-state index >= 15 is 0 Å². The largest absolute Gasteiger partial charge is 0.438 e. The van der Waals surface area contributed by atoms with Gasteiger partial charge < -0.3 is 9.47 Å². The van der Waals surface area contributed by atoms with Gasteiger partial charge in [0.25, 0.3) is 0 Å². The van der Waals surface area contributed by atoms with Crippen LogP contribution in [0, 0.1) is 5.92 Å². The van der Waals surface area contributed by atoms with E-state index in [4.69, 9.17) is 9.47 Å². The molecule has 1 atom stereocenters. The molecule has 0 bridgehead atoms. The third-order valence-electron chi connectivity index (χ3n) is 2.25. The van der Waals surface area contributed by atoms with Crippen LogP contribution in [0.2, 0.25) is 0 Å². The molecule has 1 unspecified atom stereocenters. The summed E-state index contributed by atoms with van der Waals surface area (Å²) in [6, 6.07) is 0. The first-order valence-corrected chi connectivity index (χ1v) is 5.57. The molecular weight excluding hydrogens is 192 g/mol. The van der Waals surface area contributed by atoms with Crippen LogP contribution in [-0.2, 0) is 14.3 Å². The lowest BCUT2D eigenvalue weighted by molar-refractivity contribution is -0.160. The summed E-state index contributed by atoms with van der Waals surface area (Å²) in [5, 5.41) is 0. The SMILES string of the molecule is C=CCCCCOCOC(=O)C(C)CC. The van der Waals surface area contributed by atoms with Crippen LogP contribution in [-0.4, -0.2) is 19.4 Å². The minimum Gasteiger partial charge on any atom is -0.438 e. The van der Waals surface area contributed by atoms with E-state index in [1.807, 2.05) is 19.9 Å². The minimum absolute atomic E-state index is 0.0330. The van der Waals surface area contributed by atoms with E-state index in [2.05, 4.69) is 6.58 Å². The molecule has 0 fully saturated rings. The van der Waals surface area contributed by atoms with Crippen molar-refractivity contribution >= 4 is 5.97 Å². The van der Waals surface area contributed by atoms with Crippen molar-refractivity contribution in [3.05, 3.63) is 12.7 Å². The zero-order chi connectivity index (χ0) is 11.5. The normalized spacial score (nSPS) is 12.1. The highest BCUT2D eigenvalue weighted by molar-refractivity contribution is 5.71. The van der Waals surface area contributed by atoms with Crippen LogP contribution in [0.4, 0.5) is 0 Å². The maximum Gasteiger partial charge on any atom is 0.310 e. The fourth-order valence-electron chi connectivity index (χ4n) is 0.960. The van der Waals surface area contributed by atoms with Crippen molar-refractivity contribution in [1.29, 1.82) is 0 Å². The summed E-state index contributed by atoms with van der Waals surface area (Å²) in [5.74, 6) is -0.210. The van der Waals surface area contributed by atoms with Crippen LogP contribution >= 0.6 is 0 Å². The Labute approximate surface area is 92.5 Å². The maximum absolute atomic E-state index is 11.2. The Kier molecular flexibility index (Phi) is 9.18. The summed E-state index contributed by atoms with van der Waals surface area (Å²) >= 11 is 0. The number of unbranched alkanes of at least 4 members (excludes halogenated alkanes) is 2. The van der Waals surface area contributed by atoms with Crippen molar-refractivity contribution in [2.24, 2.45) is 5.92 Å². The van der Waals surface area contributed by atoms with Gasteiger partial charge in [-0.1, -0.05) is 19.9 Å². The standard InChI is InChI=1S/C12H22O3/c1-4-6-7-8-9-14-10-15-12(13)11(3)5-2/h4,11H,1,5-10H2,2-3H3. The number of hydrogen-bond donors (Lipinski definition) is 0. The van der Waals surface area contributed by atoms with Gasteiger partial charge in [0.15, 0.2) is 6.79 Å². The summed E-state index contributed by atoms with van der Waals surface area (Å²) in [5.41, 5.74) is 0. The molecule has 3 heteroatoms. The van der Waals surface area contributed by atoms with Crippen LogP contribution in [0.5, 0.6) is 0 Å². The fraction of sp³-hybridized carbons (Fsp3) is 0.750. The number of rotatable bonds is 9. The van der Waals surface area contributed by atoms with Gasteiger partial charge >= 0.3 is 5.97 Å². The molecular formula is C12H22O3. The van der Waals surface area contributed by atoms with Crippen molar-refractivity contribution in [3.8, 4) is 0 Å². The summed E-state index contributed by atoms with van der Waals surface area (Å²) in [4.78, 5) is 11.2. The van der Waals surface area contributed by atoms with Gasteiger partial charge in [-0.15, -0.1) is 6.58 Å². The number of esters is 1. The molecule has 0 aromatic carbocycles. The lowest BCUT2D eigenvalue weighted by Gasteiger charge is -2.09. The van der Waals surface area contributed by atoms with Gasteiger partial charge in [0.2, 0.25) is 0 Å². The van der Waals surface area contributed by atoms with Crippen molar-refractivity contribution < 1.29 is 14.3 Å². The molecule has 0 aromatic heterocycles. The third-order valence-corrected chi connectivity index (χ3v) is 2.25. The zero-order valence-electron chi connectivity index (χ0n) is 9.83. The van der Waals surface area contributed by atoms with Crippen molar-refractivity contribution in [1.82, 2.24) is 0 Å². The summed E-state index contributed by atoms with van der Waals surface area (Å²) in [6.07, 6.45) is 5.76. The van der Waals surface area contributed by atoms with E-state index in [1.165, 1.54) is 0 Å². The van der Waals surface area contributed by atoms with Crippen LogP contribution in [0.3, 0.4) is 0 Å². The zero-order valence-corrected chi connectivity index (χ0v) is 9.83. The number of allylic oxidation sites excluding steroid dienone is 1. The van der Waals surface area contributed by atoms with Crippen molar-refractivity contribution in [2.45, 2.75) is 39.5 Å².